The first-order chi connectivity index (χ1) is 16.5. The molecule has 178 valence electrons. The highest BCUT2D eigenvalue weighted by Crippen LogP contribution is 2.44. The normalized spacial score (nSPS) is 21.5. The molecule has 2 amide bonds. The lowest BCUT2D eigenvalue weighted by molar-refractivity contribution is -0.152. The molecule has 2 aromatic carbocycles. The van der Waals surface area contributed by atoms with Gasteiger partial charge in [0.2, 0.25) is 0 Å². The standard InChI is InChI=1S/C26H28N2O6/c29-24(30)11-16-13-28(14-16)25(31)23-10-9-17(34-23)12-27-26(32)33-15-22-20-7-3-1-5-18(20)19-6-2-4-8-21(19)22/h1-8,16-17,22-23H,9-15H2,(H,27,32)(H,29,30). The highest BCUT2D eigenvalue weighted by molar-refractivity contribution is 5.82. The Hall–Kier alpha value is -3.39. The minimum Gasteiger partial charge on any atom is -0.481 e. The van der Waals surface area contributed by atoms with E-state index in [1.807, 2.05) is 24.3 Å². The molecule has 0 saturated carbocycles. The second kappa shape index (κ2) is 9.46. The molecule has 2 N–H and O–H groups in total. The van der Waals surface area contributed by atoms with Gasteiger partial charge in [0.05, 0.1) is 12.5 Å². The van der Waals surface area contributed by atoms with E-state index in [4.69, 9.17) is 14.6 Å². The first-order valence-corrected chi connectivity index (χ1v) is 11.7. The molecule has 1 aliphatic carbocycles. The van der Waals surface area contributed by atoms with Gasteiger partial charge in [0.15, 0.2) is 0 Å². The lowest BCUT2D eigenvalue weighted by Gasteiger charge is -2.39. The maximum Gasteiger partial charge on any atom is 0.407 e. The molecular weight excluding hydrogens is 436 g/mol. The van der Waals surface area contributed by atoms with E-state index in [0.717, 1.165) is 11.1 Å². The van der Waals surface area contributed by atoms with Crippen LogP contribution in [0.1, 0.15) is 36.3 Å². The maximum atomic E-state index is 12.5. The summed E-state index contributed by atoms with van der Waals surface area (Å²) in [6.07, 6.45) is 0.0786. The SMILES string of the molecule is O=C(O)CC1CN(C(=O)C2CCC(CNC(=O)OCC3c4ccccc4-c4ccccc43)O2)C1. The number of amides is 2. The molecule has 2 atom stereocenters. The first kappa shape index (κ1) is 22.4. The number of carboxylic acids is 1. The van der Waals surface area contributed by atoms with Gasteiger partial charge >= 0.3 is 12.1 Å². The van der Waals surface area contributed by atoms with E-state index in [0.29, 0.717) is 25.9 Å². The number of nitrogens with one attached hydrogen (secondary N) is 1. The Morgan fingerprint density at radius 3 is 2.29 bits per heavy atom. The number of carbonyl (C=O) groups excluding carboxylic acids is 2. The lowest BCUT2D eigenvalue weighted by atomic mass is 9.95. The van der Waals surface area contributed by atoms with E-state index in [9.17, 15) is 14.4 Å². The van der Waals surface area contributed by atoms with Crippen LogP contribution >= 0.6 is 0 Å². The van der Waals surface area contributed by atoms with Gasteiger partial charge in [-0.3, -0.25) is 9.59 Å². The van der Waals surface area contributed by atoms with Gasteiger partial charge in [0.25, 0.3) is 5.91 Å². The second-order valence-corrected chi connectivity index (χ2v) is 9.24. The summed E-state index contributed by atoms with van der Waals surface area (Å²) >= 11 is 0. The van der Waals surface area contributed by atoms with Crippen molar-refractivity contribution in [3.63, 3.8) is 0 Å². The van der Waals surface area contributed by atoms with Crippen molar-refractivity contribution in [3.8, 4) is 11.1 Å². The number of rotatable bonds is 7. The quantitative estimate of drug-likeness (QED) is 0.653. The molecule has 2 aromatic rings. The third-order valence-electron chi connectivity index (χ3n) is 6.93. The van der Waals surface area contributed by atoms with Gasteiger partial charge in [-0.05, 0) is 35.1 Å². The molecule has 5 rings (SSSR count). The van der Waals surface area contributed by atoms with Gasteiger partial charge in [-0.15, -0.1) is 0 Å². The van der Waals surface area contributed by atoms with Crippen LogP contribution in [0, 0.1) is 5.92 Å². The zero-order chi connectivity index (χ0) is 23.7. The predicted octanol–water partition coefficient (Wildman–Crippen LogP) is 3.01. The zero-order valence-electron chi connectivity index (χ0n) is 18.8. The number of nitrogens with zero attached hydrogens (tertiary/aromatic N) is 1. The number of aliphatic carboxylic acids is 1. The molecule has 2 fully saturated rings. The van der Waals surface area contributed by atoms with Crippen molar-refractivity contribution in [2.45, 2.75) is 37.4 Å². The Bertz CT molecular complexity index is 1050. The summed E-state index contributed by atoms with van der Waals surface area (Å²) in [6, 6.07) is 16.4. The monoisotopic (exact) mass is 464 g/mol. The van der Waals surface area contributed by atoms with E-state index < -0.39 is 18.2 Å². The predicted molar refractivity (Wildman–Crippen MR) is 123 cm³/mol. The van der Waals surface area contributed by atoms with Crippen LogP contribution in [0.4, 0.5) is 4.79 Å². The summed E-state index contributed by atoms with van der Waals surface area (Å²) in [5, 5.41) is 11.6. The molecule has 3 aliphatic rings. The number of benzene rings is 2. The Morgan fingerprint density at radius 1 is 1.00 bits per heavy atom. The van der Waals surface area contributed by atoms with Crippen molar-refractivity contribution in [1.82, 2.24) is 10.2 Å². The average Bonchev–Trinajstić information content (AvgIpc) is 3.41. The molecule has 0 bridgehead atoms. The summed E-state index contributed by atoms with van der Waals surface area (Å²) in [5.41, 5.74) is 4.68. The average molecular weight is 465 g/mol. The molecule has 2 aliphatic heterocycles. The summed E-state index contributed by atoms with van der Waals surface area (Å²) in [7, 11) is 0. The van der Waals surface area contributed by atoms with Crippen molar-refractivity contribution >= 4 is 18.0 Å². The van der Waals surface area contributed by atoms with Gasteiger partial charge in [0, 0.05) is 31.5 Å². The Kier molecular flexibility index (Phi) is 6.24. The molecule has 2 heterocycles. The van der Waals surface area contributed by atoms with Gasteiger partial charge in [0.1, 0.15) is 12.7 Å². The number of alkyl carbamates (subject to hydrolysis) is 1. The topological polar surface area (TPSA) is 105 Å². The van der Waals surface area contributed by atoms with Crippen molar-refractivity contribution < 1.29 is 29.0 Å². The fourth-order valence-corrected chi connectivity index (χ4v) is 5.21. The number of hydrogen-bond donors (Lipinski definition) is 2. The van der Waals surface area contributed by atoms with E-state index in [-0.39, 0.29) is 43.4 Å². The molecule has 0 radical (unpaired) electrons. The fourth-order valence-electron chi connectivity index (χ4n) is 5.21. The number of carbonyl (C=O) groups is 3. The van der Waals surface area contributed by atoms with Crippen LogP contribution in [0.2, 0.25) is 0 Å². The summed E-state index contributed by atoms with van der Waals surface area (Å²) in [4.78, 5) is 37.3. The third-order valence-corrected chi connectivity index (χ3v) is 6.93. The molecule has 0 aromatic heterocycles. The number of carboxylic acid groups (broad SMARTS) is 1. The van der Waals surface area contributed by atoms with Crippen molar-refractivity contribution in [1.29, 1.82) is 0 Å². The Labute approximate surface area is 197 Å². The van der Waals surface area contributed by atoms with Gasteiger partial charge in [-0.2, -0.15) is 0 Å². The van der Waals surface area contributed by atoms with Crippen LogP contribution in [0.5, 0.6) is 0 Å². The molecule has 8 nitrogen and oxygen atoms in total. The van der Waals surface area contributed by atoms with E-state index in [1.54, 1.807) is 4.90 Å². The van der Waals surface area contributed by atoms with E-state index >= 15 is 0 Å². The zero-order valence-corrected chi connectivity index (χ0v) is 18.8. The Morgan fingerprint density at radius 2 is 1.65 bits per heavy atom. The Balaban J connectivity index is 1.07. The number of ether oxygens (including phenoxy) is 2. The summed E-state index contributed by atoms with van der Waals surface area (Å²) in [6.45, 7) is 1.46. The van der Waals surface area contributed by atoms with Gasteiger partial charge in [-0.1, -0.05) is 48.5 Å². The summed E-state index contributed by atoms with van der Waals surface area (Å²) < 4.78 is 11.4. The van der Waals surface area contributed by atoms with Gasteiger partial charge in [-0.25, -0.2) is 4.79 Å². The van der Waals surface area contributed by atoms with Crippen molar-refractivity contribution in [2.24, 2.45) is 5.92 Å². The number of fused-ring (bicyclic) bond motifs is 3. The third kappa shape index (κ3) is 4.50. The number of hydrogen-bond acceptors (Lipinski definition) is 5. The van der Waals surface area contributed by atoms with Crippen LogP contribution in [0.25, 0.3) is 11.1 Å². The summed E-state index contributed by atoms with van der Waals surface area (Å²) in [5.74, 6) is -0.905. The minimum absolute atomic E-state index is 0.00404. The maximum absolute atomic E-state index is 12.5. The van der Waals surface area contributed by atoms with Gasteiger partial charge < -0.3 is 24.8 Å². The van der Waals surface area contributed by atoms with Crippen LogP contribution < -0.4 is 5.32 Å². The number of likely N-dealkylation sites (tertiary alicyclic amines) is 1. The molecule has 34 heavy (non-hydrogen) atoms. The second-order valence-electron chi connectivity index (χ2n) is 9.24. The first-order valence-electron chi connectivity index (χ1n) is 11.7. The molecule has 8 heteroatoms. The highest BCUT2D eigenvalue weighted by atomic mass is 16.5. The van der Waals surface area contributed by atoms with Crippen LogP contribution in [-0.2, 0) is 19.1 Å². The smallest absolute Gasteiger partial charge is 0.407 e. The highest BCUT2D eigenvalue weighted by Gasteiger charge is 2.39. The molecule has 0 spiro atoms. The largest absolute Gasteiger partial charge is 0.481 e. The molecular formula is C26H28N2O6. The lowest BCUT2D eigenvalue weighted by Crippen LogP contribution is -2.53. The van der Waals surface area contributed by atoms with Crippen molar-refractivity contribution in [2.75, 3.05) is 26.2 Å². The molecule has 2 unspecified atom stereocenters. The van der Waals surface area contributed by atoms with Crippen LogP contribution in [-0.4, -0.2) is 66.4 Å². The van der Waals surface area contributed by atoms with Crippen LogP contribution in [0.15, 0.2) is 48.5 Å². The van der Waals surface area contributed by atoms with Crippen molar-refractivity contribution in [3.05, 3.63) is 59.7 Å². The van der Waals surface area contributed by atoms with Crippen LogP contribution in [0.3, 0.4) is 0 Å². The fraction of sp³-hybridized carbons (Fsp3) is 0.423. The molecule has 2 saturated heterocycles. The minimum atomic E-state index is -0.839. The van der Waals surface area contributed by atoms with E-state index in [2.05, 4.69) is 29.6 Å². The van der Waals surface area contributed by atoms with E-state index in [1.165, 1.54) is 11.1 Å².